The third-order valence-electron chi connectivity index (χ3n) is 4.10. The number of aromatic nitrogens is 1. The average Bonchev–Trinajstić information content (AvgIpc) is 3.10. The lowest BCUT2D eigenvalue weighted by Gasteiger charge is -2.24. The van der Waals surface area contributed by atoms with Crippen molar-refractivity contribution in [3.05, 3.63) is 53.2 Å². The lowest BCUT2D eigenvalue weighted by atomic mass is 10.0. The van der Waals surface area contributed by atoms with Crippen LogP contribution in [0.15, 0.2) is 35.0 Å². The first-order chi connectivity index (χ1) is 10.6. The van der Waals surface area contributed by atoms with Gasteiger partial charge in [0.25, 0.3) is 5.91 Å². The molecule has 22 heavy (non-hydrogen) atoms. The first-order valence-electron chi connectivity index (χ1n) is 7.31. The van der Waals surface area contributed by atoms with Crippen LogP contribution in [0.3, 0.4) is 0 Å². The van der Waals surface area contributed by atoms with Gasteiger partial charge in [0.15, 0.2) is 0 Å². The molecule has 112 valence electrons. The highest BCUT2D eigenvalue weighted by atomic mass is 16.3. The van der Waals surface area contributed by atoms with Crippen LogP contribution in [0.5, 0.6) is 0 Å². The standard InChI is InChI=1S/C17H17N3O2/c1-11-6-16(13-4-3-5-19-9-13)20(10-11)17(21)15-7-14(8-18)22-12(15)2/h3-5,7,9,11,16H,6,10H2,1-2H3. The molecule has 2 unspecified atom stereocenters. The number of rotatable bonds is 2. The molecule has 3 rings (SSSR count). The number of nitrogens with zero attached hydrogens (tertiary/aromatic N) is 3. The number of hydrogen-bond donors (Lipinski definition) is 0. The van der Waals surface area contributed by atoms with E-state index in [4.69, 9.17) is 9.68 Å². The fourth-order valence-electron chi connectivity index (χ4n) is 3.06. The Morgan fingerprint density at radius 2 is 2.36 bits per heavy atom. The zero-order valence-electron chi connectivity index (χ0n) is 12.6. The van der Waals surface area contributed by atoms with Crippen molar-refractivity contribution in [3.8, 4) is 6.07 Å². The number of carbonyl (C=O) groups excluding carboxylic acids is 1. The number of amides is 1. The highest BCUT2D eigenvalue weighted by Gasteiger charge is 2.35. The van der Waals surface area contributed by atoms with Crippen molar-refractivity contribution in [1.29, 1.82) is 5.26 Å². The maximum absolute atomic E-state index is 12.9. The average molecular weight is 295 g/mol. The molecule has 2 atom stereocenters. The molecular formula is C17H17N3O2. The van der Waals surface area contributed by atoms with Gasteiger partial charge in [-0.1, -0.05) is 13.0 Å². The highest BCUT2D eigenvalue weighted by molar-refractivity contribution is 5.96. The smallest absolute Gasteiger partial charge is 0.257 e. The lowest BCUT2D eigenvalue weighted by Crippen LogP contribution is -2.31. The van der Waals surface area contributed by atoms with E-state index in [0.717, 1.165) is 12.0 Å². The lowest BCUT2D eigenvalue weighted by molar-refractivity contribution is 0.0730. The van der Waals surface area contributed by atoms with Crippen molar-refractivity contribution in [3.63, 3.8) is 0 Å². The second-order valence-electron chi connectivity index (χ2n) is 5.79. The first kappa shape index (κ1) is 14.3. The molecule has 1 saturated heterocycles. The predicted octanol–water partition coefficient (Wildman–Crippen LogP) is 3.08. The molecule has 0 spiro atoms. The van der Waals surface area contributed by atoms with Gasteiger partial charge >= 0.3 is 0 Å². The minimum absolute atomic E-state index is 0.0241. The molecule has 3 heterocycles. The zero-order valence-corrected chi connectivity index (χ0v) is 12.6. The van der Waals surface area contributed by atoms with E-state index in [0.29, 0.717) is 23.8 Å². The molecule has 5 nitrogen and oxygen atoms in total. The summed E-state index contributed by atoms with van der Waals surface area (Å²) in [6.45, 7) is 4.55. The Morgan fingerprint density at radius 3 is 3.00 bits per heavy atom. The molecule has 2 aromatic rings. The van der Waals surface area contributed by atoms with Crippen LogP contribution in [0.25, 0.3) is 0 Å². The summed E-state index contributed by atoms with van der Waals surface area (Å²) >= 11 is 0. The predicted molar refractivity (Wildman–Crippen MR) is 80.0 cm³/mol. The maximum Gasteiger partial charge on any atom is 0.257 e. The van der Waals surface area contributed by atoms with E-state index in [2.05, 4.69) is 11.9 Å². The van der Waals surface area contributed by atoms with Gasteiger partial charge in [0.1, 0.15) is 11.8 Å². The van der Waals surface area contributed by atoms with Gasteiger partial charge < -0.3 is 9.32 Å². The number of pyridine rings is 1. The second kappa shape index (κ2) is 5.64. The third kappa shape index (κ3) is 2.48. The van der Waals surface area contributed by atoms with E-state index in [-0.39, 0.29) is 17.7 Å². The molecule has 1 amide bonds. The van der Waals surface area contributed by atoms with E-state index in [1.807, 2.05) is 29.3 Å². The summed E-state index contributed by atoms with van der Waals surface area (Å²) in [6, 6.07) is 7.38. The Balaban J connectivity index is 1.93. The zero-order chi connectivity index (χ0) is 15.7. The van der Waals surface area contributed by atoms with E-state index < -0.39 is 0 Å². The topological polar surface area (TPSA) is 70.1 Å². The minimum Gasteiger partial charge on any atom is -0.450 e. The minimum atomic E-state index is -0.0825. The van der Waals surface area contributed by atoms with E-state index >= 15 is 0 Å². The van der Waals surface area contributed by atoms with Gasteiger partial charge in [-0.25, -0.2) is 0 Å². The Morgan fingerprint density at radius 1 is 1.55 bits per heavy atom. The summed E-state index contributed by atoms with van der Waals surface area (Å²) < 4.78 is 5.29. The number of aryl methyl sites for hydroxylation is 1. The van der Waals surface area contributed by atoms with Crippen LogP contribution < -0.4 is 0 Å². The summed E-state index contributed by atoms with van der Waals surface area (Å²) in [5.41, 5.74) is 1.52. The van der Waals surface area contributed by atoms with E-state index in [1.54, 1.807) is 13.1 Å². The van der Waals surface area contributed by atoms with Gasteiger partial charge in [-0.3, -0.25) is 9.78 Å². The number of hydrogen-bond acceptors (Lipinski definition) is 4. The second-order valence-corrected chi connectivity index (χ2v) is 5.79. The summed E-state index contributed by atoms with van der Waals surface area (Å²) in [7, 11) is 0. The molecule has 1 aliphatic rings. The number of likely N-dealkylation sites (tertiary alicyclic amines) is 1. The van der Waals surface area contributed by atoms with Gasteiger partial charge in [-0.15, -0.1) is 0 Å². The largest absolute Gasteiger partial charge is 0.450 e. The molecule has 0 aliphatic carbocycles. The molecule has 1 aliphatic heterocycles. The van der Waals surface area contributed by atoms with Crippen LogP contribution in [0, 0.1) is 24.2 Å². The molecule has 0 saturated carbocycles. The third-order valence-corrected chi connectivity index (χ3v) is 4.10. The summed E-state index contributed by atoms with van der Waals surface area (Å²) in [5.74, 6) is 1.01. The Labute approximate surface area is 129 Å². The monoisotopic (exact) mass is 295 g/mol. The van der Waals surface area contributed by atoms with Crippen LogP contribution in [0.2, 0.25) is 0 Å². The number of nitriles is 1. The van der Waals surface area contributed by atoms with E-state index in [9.17, 15) is 4.79 Å². The van der Waals surface area contributed by atoms with Crippen molar-refractivity contribution < 1.29 is 9.21 Å². The first-order valence-corrected chi connectivity index (χ1v) is 7.31. The van der Waals surface area contributed by atoms with Gasteiger partial charge in [0, 0.05) is 25.0 Å². The number of carbonyl (C=O) groups is 1. The van der Waals surface area contributed by atoms with Gasteiger partial charge in [0.2, 0.25) is 5.76 Å². The normalized spacial score (nSPS) is 20.9. The highest BCUT2D eigenvalue weighted by Crippen LogP contribution is 2.36. The van der Waals surface area contributed by atoms with Crippen molar-refractivity contribution in [2.45, 2.75) is 26.3 Å². The SMILES string of the molecule is Cc1oc(C#N)cc1C(=O)N1CC(C)CC1c1cccnc1. The fraction of sp³-hybridized carbons (Fsp3) is 0.353. The quantitative estimate of drug-likeness (QED) is 0.853. The Bertz CT molecular complexity index is 730. The maximum atomic E-state index is 12.9. The van der Waals surface area contributed by atoms with Crippen LogP contribution in [0.4, 0.5) is 0 Å². The van der Waals surface area contributed by atoms with Crippen LogP contribution in [0.1, 0.15) is 46.8 Å². The fourth-order valence-corrected chi connectivity index (χ4v) is 3.06. The Hall–Kier alpha value is -2.61. The molecule has 0 aromatic carbocycles. The Kier molecular flexibility index (Phi) is 3.68. The molecule has 0 radical (unpaired) electrons. The number of furan rings is 1. The van der Waals surface area contributed by atoms with Gasteiger partial charge in [-0.2, -0.15) is 5.26 Å². The van der Waals surface area contributed by atoms with Crippen molar-refractivity contribution >= 4 is 5.91 Å². The van der Waals surface area contributed by atoms with Crippen LogP contribution >= 0.6 is 0 Å². The van der Waals surface area contributed by atoms with Crippen LogP contribution in [-0.2, 0) is 0 Å². The molecule has 0 N–H and O–H groups in total. The summed E-state index contributed by atoms with van der Waals surface area (Å²) in [6.07, 6.45) is 4.46. The summed E-state index contributed by atoms with van der Waals surface area (Å²) in [5, 5.41) is 8.92. The molecule has 5 heteroatoms. The van der Waals surface area contributed by atoms with E-state index in [1.165, 1.54) is 6.07 Å². The molecule has 2 aromatic heterocycles. The molecule has 0 bridgehead atoms. The molecular weight excluding hydrogens is 278 g/mol. The van der Waals surface area contributed by atoms with Crippen molar-refractivity contribution in [2.75, 3.05) is 6.54 Å². The van der Waals surface area contributed by atoms with Crippen molar-refractivity contribution in [2.24, 2.45) is 5.92 Å². The summed E-state index contributed by atoms with van der Waals surface area (Å²) in [4.78, 5) is 18.9. The van der Waals surface area contributed by atoms with Crippen molar-refractivity contribution in [1.82, 2.24) is 9.88 Å². The van der Waals surface area contributed by atoms with Gasteiger partial charge in [0.05, 0.1) is 11.6 Å². The molecule has 1 fully saturated rings. The van der Waals surface area contributed by atoms with Crippen LogP contribution in [-0.4, -0.2) is 22.3 Å². The van der Waals surface area contributed by atoms with Gasteiger partial charge in [-0.05, 0) is 30.9 Å².